The molecule has 0 unspecified atom stereocenters. The van der Waals surface area contributed by atoms with E-state index in [0.717, 1.165) is 0 Å². The molecule has 2 rings (SSSR count). The molecule has 0 fully saturated rings. The fourth-order valence-electron chi connectivity index (χ4n) is 1.38. The molecule has 1 heterocycles. The first kappa shape index (κ1) is 14.4. The Morgan fingerprint density at radius 1 is 1.40 bits per heavy atom. The number of nitrogens with one attached hydrogen (secondary N) is 1. The minimum atomic E-state index is -0.559. The van der Waals surface area contributed by atoms with Gasteiger partial charge < -0.3 is 5.32 Å². The summed E-state index contributed by atoms with van der Waals surface area (Å²) in [5.41, 5.74) is 0.134. The fraction of sp³-hybridized carbons (Fsp3) is 0. The Balaban J connectivity index is 2.24. The van der Waals surface area contributed by atoms with Gasteiger partial charge in [-0.15, -0.1) is 0 Å². The van der Waals surface area contributed by atoms with Crippen molar-refractivity contribution in [1.29, 1.82) is 0 Å². The monoisotopic (exact) mass is 356 g/mol. The highest BCUT2D eigenvalue weighted by atomic mass is 79.9. The van der Waals surface area contributed by atoms with Crippen LogP contribution in [0.2, 0.25) is 5.15 Å². The average molecular weight is 358 g/mol. The van der Waals surface area contributed by atoms with Crippen molar-refractivity contribution in [3.63, 3.8) is 0 Å². The number of anilines is 1. The van der Waals surface area contributed by atoms with Gasteiger partial charge in [0.1, 0.15) is 10.8 Å². The second-order valence-corrected chi connectivity index (χ2v) is 4.85. The zero-order valence-electron chi connectivity index (χ0n) is 9.71. The van der Waals surface area contributed by atoms with E-state index in [4.69, 9.17) is 11.6 Å². The molecule has 7 nitrogen and oxygen atoms in total. The lowest BCUT2D eigenvalue weighted by molar-refractivity contribution is -0.385. The third-order valence-electron chi connectivity index (χ3n) is 2.24. The topological polar surface area (TPSA) is 98.0 Å². The molecule has 0 spiro atoms. The number of halogens is 2. The lowest BCUT2D eigenvalue weighted by Crippen LogP contribution is -2.14. The van der Waals surface area contributed by atoms with E-state index in [9.17, 15) is 14.9 Å². The molecule has 102 valence electrons. The molecule has 0 aliphatic rings. The second-order valence-electron chi connectivity index (χ2n) is 3.60. The third-order valence-corrected chi connectivity index (χ3v) is 3.09. The van der Waals surface area contributed by atoms with Crippen molar-refractivity contribution in [3.05, 3.63) is 56.0 Å². The predicted octanol–water partition coefficient (Wildman–Crippen LogP) is 3.05. The molecular formula is C11H6BrClN4O3. The van der Waals surface area contributed by atoms with Crippen LogP contribution in [-0.2, 0) is 0 Å². The molecule has 2 aromatic rings. The summed E-state index contributed by atoms with van der Waals surface area (Å²) in [6.07, 6.45) is 2.54. The van der Waals surface area contributed by atoms with Crippen LogP contribution in [-0.4, -0.2) is 20.8 Å². The highest BCUT2D eigenvalue weighted by molar-refractivity contribution is 9.10. The first-order chi connectivity index (χ1) is 9.47. The Hall–Kier alpha value is -2.06. The molecule has 0 aliphatic heterocycles. The number of rotatable bonds is 3. The van der Waals surface area contributed by atoms with Gasteiger partial charge in [0.15, 0.2) is 0 Å². The number of nitro groups is 1. The van der Waals surface area contributed by atoms with Crippen LogP contribution < -0.4 is 5.32 Å². The highest BCUT2D eigenvalue weighted by Gasteiger charge is 2.15. The van der Waals surface area contributed by atoms with Crippen LogP contribution in [0.25, 0.3) is 0 Å². The average Bonchev–Trinajstić information content (AvgIpc) is 2.40. The molecule has 20 heavy (non-hydrogen) atoms. The number of hydrogen-bond acceptors (Lipinski definition) is 5. The first-order valence-electron chi connectivity index (χ1n) is 5.20. The van der Waals surface area contributed by atoms with Gasteiger partial charge in [0.05, 0.1) is 21.8 Å². The zero-order chi connectivity index (χ0) is 14.7. The lowest BCUT2D eigenvalue weighted by Gasteiger charge is -2.05. The third kappa shape index (κ3) is 3.28. The second kappa shape index (κ2) is 5.93. The molecule has 1 aromatic heterocycles. The van der Waals surface area contributed by atoms with Crippen LogP contribution in [0.1, 0.15) is 10.5 Å². The van der Waals surface area contributed by atoms with Gasteiger partial charge in [0.25, 0.3) is 11.6 Å². The number of hydrogen-bond donors (Lipinski definition) is 1. The standard InChI is InChI=1S/C11H6BrClN4O3/c12-7-2-1-6(3-9(7)17(19)20)15-11(18)8-4-14-5-10(13)16-8/h1-5H,(H,15,18). The Kier molecular flexibility index (Phi) is 4.26. The molecule has 1 N–H and O–H groups in total. The molecule has 0 radical (unpaired) electrons. The van der Waals surface area contributed by atoms with Crippen LogP contribution in [0, 0.1) is 10.1 Å². The van der Waals surface area contributed by atoms with Gasteiger partial charge in [-0.25, -0.2) is 4.98 Å². The van der Waals surface area contributed by atoms with Gasteiger partial charge in [-0.05, 0) is 28.1 Å². The number of benzene rings is 1. The van der Waals surface area contributed by atoms with Gasteiger partial charge in [-0.1, -0.05) is 11.6 Å². The Morgan fingerprint density at radius 2 is 2.15 bits per heavy atom. The molecule has 0 saturated heterocycles. The van der Waals surface area contributed by atoms with Crippen molar-refractivity contribution >= 4 is 44.8 Å². The molecule has 9 heteroatoms. The summed E-state index contributed by atoms with van der Waals surface area (Å²) in [7, 11) is 0. The SMILES string of the molecule is O=C(Nc1ccc(Br)c([N+](=O)[O-])c1)c1cncc(Cl)n1. The number of carbonyl (C=O) groups is 1. The molecule has 0 bridgehead atoms. The van der Waals surface area contributed by atoms with Gasteiger partial charge in [0.2, 0.25) is 0 Å². The van der Waals surface area contributed by atoms with Crippen molar-refractivity contribution in [2.24, 2.45) is 0 Å². The van der Waals surface area contributed by atoms with Gasteiger partial charge in [-0.2, -0.15) is 0 Å². The van der Waals surface area contributed by atoms with E-state index in [0.29, 0.717) is 4.47 Å². The van der Waals surface area contributed by atoms with E-state index in [-0.39, 0.29) is 22.2 Å². The quantitative estimate of drug-likeness (QED) is 0.672. The summed E-state index contributed by atoms with van der Waals surface area (Å²) >= 11 is 8.69. The minimum Gasteiger partial charge on any atom is -0.320 e. The highest BCUT2D eigenvalue weighted by Crippen LogP contribution is 2.27. The van der Waals surface area contributed by atoms with Crippen molar-refractivity contribution in [1.82, 2.24) is 9.97 Å². The van der Waals surface area contributed by atoms with Crippen LogP contribution >= 0.6 is 27.5 Å². The Bertz CT molecular complexity index is 695. The number of carbonyl (C=O) groups excluding carboxylic acids is 1. The Labute approximate surface area is 126 Å². The van der Waals surface area contributed by atoms with Crippen molar-refractivity contribution in [3.8, 4) is 0 Å². The molecular weight excluding hydrogens is 352 g/mol. The van der Waals surface area contributed by atoms with Crippen molar-refractivity contribution in [2.45, 2.75) is 0 Å². The van der Waals surface area contributed by atoms with Crippen LogP contribution in [0.4, 0.5) is 11.4 Å². The summed E-state index contributed by atoms with van der Waals surface area (Å²) in [4.78, 5) is 29.6. The van der Waals surface area contributed by atoms with Crippen LogP contribution in [0.3, 0.4) is 0 Å². The summed E-state index contributed by atoms with van der Waals surface area (Å²) in [5.74, 6) is -0.559. The summed E-state index contributed by atoms with van der Waals surface area (Å²) in [6, 6.07) is 4.23. The molecule has 1 amide bonds. The molecule has 1 aromatic carbocycles. The van der Waals surface area contributed by atoms with Crippen LogP contribution in [0.15, 0.2) is 35.1 Å². The van der Waals surface area contributed by atoms with E-state index in [2.05, 4.69) is 31.2 Å². The Morgan fingerprint density at radius 3 is 2.80 bits per heavy atom. The van der Waals surface area contributed by atoms with Crippen molar-refractivity contribution in [2.75, 3.05) is 5.32 Å². The van der Waals surface area contributed by atoms with E-state index in [1.165, 1.54) is 30.6 Å². The fourth-order valence-corrected chi connectivity index (χ4v) is 1.92. The normalized spacial score (nSPS) is 10.1. The minimum absolute atomic E-state index is 0.0167. The smallest absolute Gasteiger partial charge is 0.285 e. The maximum Gasteiger partial charge on any atom is 0.285 e. The lowest BCUT2D eigenvalue weighted by atomic mass is 10.2. The van der Waals surface area contributed by atoms with Crippen molar-refractivity contribution < 1.29 is 9.72 Å². The number of aromatic nitrogens is 2. The maximum atomic E-state index is 11.9. The van der Waals surface area contributed by atoms with Gasteiger partial charge in [-0.3, -0.25) is 19.9 Å². The van der Waals surface area contributed by atoms with Gasteiger partial charge >= 0.3 is 0 Å². The first-order valence-corrected chi connectivity index (χ1v) is 6.37. The summed E-state index contributed by atoms with van der Waals surface area (Å²) < 4.78 is 0.322. The number of nitro benzene ring substituents is 1. The van der Waals surface area contributed by atoms with Crippen LogP contribution in [0.5, 0.6) is 0 Å². The van der Waals surface area contributed by atoms with E-state index in [1.807, 2.05) is 0 Å². The number of amides is 1. The largest absolute Gasteiger partial charge is 0.320 e. The van der Waals surface area contributed by atoms with E-state index in [1.54, 1.807) is 0 Å². The zero-order valence-corrected chi connectivity index (χ0v) is 12.1. The van der Waals surface area contributed by atoms with E-state index >= 15 is 0 Å². The predicted molar refractivity (Wildman–Crippen MR) is 75.8 cm³/mol. The molecule has 0 saturated carbocycles. The number of nitrogens with zero attached hydrogens (tertiary/aromatic N) is 3. The maximum absolute atomic E-state index is 11.9. The summed E-state index contributed by atoms with van der Waals surface area (Å²) in [5, 5.41) is 13.4. The van der Waals surface area contributed by atoms with Gasteiger partial charge in [0, 0.05) is 11.8 Å². The molecule has 0 atom stereocenters. The summed E-state index contributed by atoms with van der Waals surface area (Å²) in [6.45, 7) is 0. The van der Waals surface area contributed by atoms with E-state index < -0.39 is 10.8 Å². The molecule has 0 aliphatic carbocycles.